The molecule has 3 nitrogen and oxygen atoms in total. The molecule has 18 heavy (non-hydrogen) atoms. The predicted octanol–water partition coefficient (Wildman–Crippen LogP) is 2.91. The topological polar surface area (TPSA) is 42.0 Å². The van der Waals surface area contributed by atoms with Gasteiger partial charge >= 0.3 is 0 Å². The van der Waals surface area contributed by atoms with Crippen molar-refractivity contribution in [2.24, 2.45) is 0 Å². The first-order valence-corrected chi connectivity index (χ1v) is 6.09. The van der Waals surface area contributed by atoms with Gasteiger partial charge < -0.3 is 5.32 Å². The zero-order valence-corrected chi connectivity index (χ0v) is 10.9. The van der Waals surface area contributed by atoms with E-state index < -0.39 is 0 Å². The van der Waals surface area contributed by atoms with Crippen molar-refractivity contribution in [2.75, 3.05) is 0 Å². The number of aromatic nitrogens is 1. The maximum atomic E-state index is 12.7. The highest BCUT2D eigenvalue weighted by Gasteiger charge is 2.09. The van der Waals surface area contributed by atoms with Gasteiger partial charge in [0.15, 0.2) is 0 Å². The summed E-state index contributed by atoms with van der Waals surface area (Å²) in [5.74, 6) is -0.514. The SMILES string of the molecule is O=C(NCc1ccc(F)cc1)c1cccnc1Br. The van der Waals surface area contributed by atoms with Gasteiger partial charge in [-0.2, -0.15) is 0 Å². The summed E-state index contributed by atoms with van der Waals surface area (Å²) < 4.78 is 13.2. The largest absolute Gasteiger partial charge is 0.348 e. The highest BCUT2D eigenvalue weighted by molar-refractivity contribution is 9.10. The van der Waals surface area contributed by atoms with Crippen molar-refractivity contribution in [3.63, 3.8) is 0 Å². The third-order valence-corrected chi connectivity index (χ3v) is 3.00. The van der Waals surface area contributed by atoms with Crippen molar-refractivity contribution in [1.82, 2.24) is 10.3 Å². The van der Waals surface area contributed by atoms with E-state index in [-0.39, 0.29) is 11.7 Å². The van der Waals surface area contributed by atoms with Gasteiger partial charge in [0.05, 0.1) is 5.56 Å². The number of hydrogen-bond acceptors (Lipinski definition) is 2. The molecule has 0 aliphatic rings. The quantitative estimate of drug-likeness (QED) is 0.886. The Morgan fingerprint density at radius 3 is 2.67 bits per heavy atom. The third kappa shape index (κ3) is 3.13. The molecule has 1 aromatic carbocycles. The normalized spacial score (nSPS) is 10.1. The van der Waals surface area contributed by atoms with Crippen LogP contribution in [0.4, 0.5) is 4.39 Å². The molecule has 0 aliphatic carbocycles. The zero-order valence-electron chi connectivity index (χ0n) is 9.36. The molecular formula is C13H10BrFN2O. The fourth-order valence-electron chi connectivity index (χ4n) is 1.44. The van der Waals surface area contributed by atoms with Crippen LogP contribution in [0.5, 0.6) is 0 Å². The van der Waals surface area contributed by atoms with Crippen LogP contribution in [0.2, 0.25) is 0 Å². The van der Waals surface area contributed by atoms with Gasteiger partial charge in [-0.15, -0.1) is 0 Å². The van der Waals surface area contributed by atoms with E-state index in [0.29, 0.717) is 16.7 Å². The van der Waals surface area contributed by atoms with E-state index >= 15 is 0 Å². The summed E-state index contributed by atoms with van der Waals surface area (Å²) in [7, 11) is 0. The fourth-order valence-corrected chi connectivity index (χ4v) is 1.87. The number of rotatable bonds is 3. The minimum Gasteiger partial charge on any atom is -0.348 e. The summed E-state index contributed by atoms with van der Waals surface area (Å²) in [6.07, 6.45) is 1.60. The molecule has 0 saturated carbocycles. The fraction of sp³-hybridized carbons (Fsp3) is 0.0769. The van der Waals surface area contributed by atoms with Gasteiger partial charge in [0.1, 0.15) is 10.4 Å². The lowest BCUT2D eigenvalue weighted by Crippen LogP contribution is -2.23. The summed E-state index contributed by atoms with van der Waals surface area (Å²) in [5, 5.41) is 2.74. The van der Waals surface area contributed by atoms with Crippen LogP contribution < -0.4 is 5.32 Å². The average Bonchev–Trinajstić information content (AvgIpc) is 2.38. The van der Waals surface area contributed by atoms with Gasteiger partial charge in [0.25, 0.3) is 5.91 Å². The lowest BCUT2D eigenvalue weighted by molar-refractivity contribution is 0.0949. The van der Waals surface area contributed by atoms with E-state index in [0.717, 1.165) is 5.56 Å². The van der Waals surface area contributed by atoms with Crippen molar-refractivity contribution in [3.8, 4) is 0 Å². The molecule has 1 aromatic heterocycles. The first-order valence-electron chi connectivity index (χ1n) is 5.30. The standard InChI is InChI=1S/C13H10BrFN2O/c14-12-11(2-1-7-16-12)13(18)17-8-9-3-5-10(15)6-4-9/h1-7H,8H2,(H,17,18). The number of nitrogens with one attached hydrogen (secondary N) is 1. The second-order valence-corrected chi connectivity index (χ2v) is 4.40. The molecule has 0 spiro atoms. The Morgan fingerprint density at radius 2 is 2.00 bits per heavy atom. The molecule has 5 heteroatoms. The molecular weight excluding hydrogens is 299 g/mol. The van der Waals surface area contributed by atoms with Crippen molar-refractivity contribution in [3.05, 3.63) is 64.1 Å². The molecule has 2 rings (SSSR count). The minimum atomic E-state index is -0.292. The van der Waals surface area contributed by atoms with Crippen LogP contribution in [0.15, 0.2) is 47.2 Å². The smallest absolute Gasteiger partial charge is 0.254 e. The Labute approximate surface area is 112 Å². The van der Waals surface area contributed by atoms with Crippen LogP contribution >= 0.6 is 15.9 Å². The molecule has 0 saturated heterocycles. The summed E-state index contributed by atoms with van der Waals surface area (Å²) >= 11 is 3.21. The number of benzene rings is 1. The monoisotopic (exact) mass is 308 g/mol. The first kappa shape index (κ1) is 12.7. The maximum absolute atomic E-state index is 12.7. The molecule has 0 radical (unpaired) electrons. The lowest BCUT2D eigenvalue weighted by Gasteiger charge is -2.06. The number of carbonyl (C=O) groups is 1. The van der Waals surface area contributed by atoms with Crippen LogP contribution in [-0.2, 0) is 6.54 Å². The Morgan fingerprint density at radius 1 is 1.28 bits per heavy atom. The van der Waals surface area contributed by atoms with Crippen LogP contribution in [0, 0.1) is 5.82 Å². The molecule has 0 fully saturated rings. The Balaban J connectivity index is 2.01. The number of amides is 1. The molecule has 1 heterocycles. The zero-order chi connectivity index (χ0) is 13.0. The molecule has 0 aliphatic heterocycles. The number of hydrogen-bond donors (Lipinski definition) is 1. The van der Waals surface area contributed by atoms with Gasteiger partial charge in [0.2, 0.25) is 0 Å². The summed E-state index contributed by atoms with van der Waals surface area (Å²) in [6.45, 7) is 0.348. The minimum absolute atomic E-state index is 0.223. The number of carbonyl (C=O) groups excluding carboxylic acids is 1. The van der Waals surface area contributed by atoms with Gasteiger partial charge in [-0.1, -0.05) is 12.1 Å². The highest BCUT2D eigenvalue weighted by atomic mass is 79.9. The van der Waals surface area contributed by atoms with Gasteiger partial charge in [-0.25, -0.2) is 9.37 Å². The van der Waals surface area contributed by atoms with Crippen molar-refractivity contribution in [2.45, 2.75) is 6.54 Å². The third-order valence-electron chi connectivity index (χ3n) is 2.37. The van der Waals surface area contributed by atoms with E-state index in [9.17, 15) is 9.18 Å². The molecule has 0 bridgehead atoms. The summed E-state index contributed by atoms with van der Waals surface area (Å²) in [4.78, 5) is 15.8. The molecule has 2 aromatic rings. The number of nitrogens with zero attached hydrogens (tertiary/aromatic N) is 1. The highest BCUT2D eigenvalue weighted by Crippen LogP contribution is 2.12. The Hall–Kier alpha value is -1.75. The van der Waals surface area contributed by atoms with Crippen molar-refractivity contribution >= 4 is 21.8 Å². The van der Waals surface area contributed by atoms with Crippen LogP contribution in [0.1, 0.15) is 15.9 Å². The van der Waals surface area contributed by atoms with Gasteiger partial charge in [-0.3, -0.25) is 4.79 Å². The summed E-state index contributed by atoms with van der Waals surface area (Å²) in [5.41, 5.74) is 1.31. The van der Waals surface area contributed by atoms with Crippen molar-refractivity contribution < 1.29 is 9.18 Å². The predicted molar refractivity (Wildman–Crippen MR) is 69.5 cm³/mol. The molecule has 1 amide bonds. The van der Waals surface area contributed by atoms with E-state index in [1.807, 2.05) is 0 Å². The number of pyridine rings is 1. The average molecular weight is 309 g/mol. The molecule has 1 N–H and O–H groups in total. The summed E-state index contributed by atoms with van der Waals surface area (Å²) in [6, 6.07) is 9.36. The number of halogens is 2. The Kier molecular flexibility index (Phi) is 4.04. The second-order valence-electron chi connectivity index (χ2n) is 3.65. The van der Waals surface area contributed by atoms with Crippen molar-refractivity contribution in [1.29, 1.82) is 0 Å². The lowest BCUT2D eigenvalue weighted by atomic mass is 10.2. The first-order chi connectivity index (χ1) is 8.66. The molecule has 0 unspecified atom stereocenters. The maximum Gasteiger partial charge on any atom is 0.254 e. The molecule has 92 valence electrons. The van der Waals surface area contributed by atoms with E-state index in [1.54, 1.807) is 30.5 Å². The van der Waals surface area contributed by atoms with E-state index in [1.165, 1.54) is 12.1 Å². The van der Waals surface area contributed by atoms with Crippen LogP contribution in [0.25, 0.3) is 0 Å². The van der Waals surface area contributed by atoms with E-state index in [4.69, 9.17) is 0 Å². The van der Waals surface area contributed by atoms with Crippen LogP contribution in [0.3, 0.4) is 0 Å². The van der Waals surface area contributed by atoms with Crippen LogP contribution in [-0.4, -0.2) is 10.9 Å². The van der Waals surface area contributed by atoms with Gasteiger partial charge in [-0.05, 0) is 45.8 Å². The Bertz CT molecular complexity index is 557. The second kappa shape index (κ2) is 5.73. The molecule has 0 atom stereocenters. The van der Waals surface area contributed by atoms with E-state index in [2.05, 4.69) is 26.2 Å². The van der Waals surface area contributed by atoms with Gasteiger partial charge in [0, 0.05) is 12.7 Å².